The Labute approximate surface area is 96.4 Å². The molecule has 0 bridgehead atoms. The van der Waals surface area contributed by atoms with Crippen LogP contribution >= 0.6 is 11.6 Å². The molecule has 0 aliphatic carbocycles. The molecular formula is C12H18ClNO. The van der Waals surface area contributed by atoms with Gasteiger partial charge in [0.1, 0.15) is 0 Å². The number of rotatable bonds is 5. The molecule has 0 amide bonds. The van der Waals surface area contributed by atoms with E-state index in [2.05, 4.69) is 13.8 Å². The van der Waals surface area contributed by atoms with Gasteiger partial charge in [-0.25, -0.2) is 0 Å². The van der Waals surface area contributed by atoms with Crippen molar-refractivity contribution in [2.24, 2.45) is 5.73 Å². The Morgan fingerprint density at radius 2 is 1.93 bits per heavy atom. The summed E-state index contributed by atoms with van der Waals surface area (Å²) in [5.41, 5.74) is 6.77. The third-order valence-electron chi connectivity index (χ3n) is 2.43. The number of hydrogen-bond acceptors (Lipinski definition) is 2. The van der Waals surface area contributed by atoms with Gasteiger partial charge in [-0.3, -0.25) is 0 Å². The van der Waals surface area contributed by atoms with E-state index in [9.17, 15) is 0 Å². The predicted octanol–water partition coefficient (Wildman–Crippen LogP) is 3.15. The lowest BCUT2D eigenvalue weighted by atomic mass is 10.1. The molecule has 0 saturated carbocycles. The van der Waals surface area contributed by atoms with E-state index in [1.165, 1.54) is 0 Å². The van der Waals surface area contributed by atoms with E-state index >= 15 is 0 Å². The number of benzene rings is 1. The summed E-state index contributed by atoms with van der Waals surface area (Å²) in [4.78, 5) is 0. The average molecular weight is 228 g/mol. The summed E-state index contributed by atoms with van der Waals surface area (Å²) in [6.07, 6.45) is 1.19. The minimum absolute atomic E-state index is 0.0304. The Bertz CT molecular complexity index is 286. The van der Waals surface area contributed by atoms with Crippen LogP contribution in [0.4, 0.5) is 0 Å². The van der Waals surface area contributed by atoms with Crippen LogP contribution < -0.4 is 5.73 Å². The van der Waals surface area contributed by atoms with Crippen molar-refractivity contribution < 1.29 is 4.74 Å². The van der Waals surface area contributed by atoms with Gasteiger partial charge >= 0.3 is 0 Å². The molecule has 0 radical (unpaired) electrons. The van der Waals surface area contributed by atoms with Crippen LogP contribution in [0, 0.1) is 0 Å². The smallest absolute Gasteiger partial charge is 0.0950 e. The maximum absolute atomic E-state index is 5.82. The van der Waals surface area contributed by atoms with E-state index in [0.29, 0.717) is 6.54 Å². The predicted molar refractivity (Wildman–Crippen MR) is 64.1 cm³/mol. The van der Waals surface area contributed by atoms with Crippen molar-refractivity contribution in [1.29, 1.82) is 0 Å². The zero-order valence-electron chi connectivity index (χ0n) is 9.24. The summed E-state index contributed by atoms with van der Waals surface area (Å²) < 4.78 is 5.81. The Balaban J connectivity index is 2.69. The van der Waals surface area contributed by atoms with Crippen molar-refractivity contribution >= 4 is 11.6 Å². The van der Waals surface area contributed by atoms with Gasteiger partial charge in [0.05, 0.1) is 12.2 Å². The second-order valence-corrected chi connectivity index (χ2v) is 4.07. The van der Waals surface area contributed by atoms with Gasteiger partial charge in [0.2, 0.25) is 0 Å². The minimum atomic E-state index is -0.0304. The van der Waals surface area contributed by atoms with E-state index in [-0.39, 0.29) is 12.2 Å². The van der Waals surface area contributed by atoms with Crippen molar-refractivity contribution in [3.05, 3.63) is 34.9 Å². The monoisotopic (exact) mass is 227 g/mol. The molecule has 84 valence electrons. The Morgan fingerprint density at radius 1 is 1.33 bits per heavy atom. The summed E-state index contributed by atoms with van der Waals surface area (Å²) in [5, 5.41) is 0.734. The maximum atomic E-state index is 5.82. The standard InChI is InChI=1S/C12H18ClNO/c1-3-9(2)15-12(8-14)10-4-6-11(13)7-5-10/h4-7,9,12H,3,8,14H2,1-2H3. The molecular weight excluding hydrogens is 210 g/mol. The van der Waals surface area contributed by atoms with E-state index in [4.69, 9.17) is 22.1 Å². The lowest BCUT2D eigenvalue weighted by Gasteiger charge is -2.20. The molecule has 0 heterocycles. The Hall–Kier alpha value is -0.570. The quantitative estimate of drug-likeness (QED) is 0.839. The fourth-order valence-electron chi connectivity index (χ4n) is 1.32. The first-order valence-corrected chi connectivity index (χ1v) is 5.66. The molecule has 0 spiro atoms. The first-order chi connectivity index (χ1) is 7.17. The maximum Gasteiger partial charge on any atom is 0.0950 e. The van der Waals surface area contributed by atoms with E-state index in [0.717, 1.165) is 17.0 Å². The molecule has 3 heteroatoms. The van der Waals surface area contributed by atoms with E-state index in [1.807, 2.05) is 24.3 Å². The molecule has 2 N–H and O–H groups in total. The highest BCUT2D eigenvalue weighted by Gasteiger charge is 2.12. The average Bonchev–Trinajstić information content (AvgIpc) is 2.27. The highest BCUT2D eigenvalue weighted by molar-refractivity contribution is 6.30. The zero-order valence-corrected chi connectivity index (χ0v) is 10.00. The highest BCUT2D eigenvalue weighted by atomic mass is 35.5. The molecule has 15 heavy (non-hydrogen) atoms. The van der Waals surface area contributed by atoms with Gasteiger partial charge in [0, 0.05) is 11.6 Å². The van der Waals surface area contributed by atoms with Crippen molar-refractivity contribution in [3.8, 4) is 0 Å². The summed E-state index contributed by atoms with van der Waals surface area (Å²) in [7, 11) is 0. The summed E-state index contributed by atoms with van der Waals surface area (Å²) in [6, 6.07) is 7.64. The van der Waals surface area contributed by atoms with Gasteiger partial charge in [-0.05, 0) is 31.0 Å². The molecule has 1 rings (SSSR count). The molecule has 2 atom stereocenters. The molecule has 0 aliphatic heterocycles. The van der Waals surface area contributed by atoms with Crippen LogP contribution in [-0.2, 0) is 4.74 Å². The Kier molecular flexibility index (Phi) is 5.09. The van der Waals surface area contributed by atoms with Crippen LogP contribution in [0.15, 0.2) is 24.3 Å². The second kappa shape index (κ2) is 6.11. The van der Waals surface area contributed by atoms with Crippen LogP contribution in [0.2, 0.25) is 5.02 Å². The van der Waals surface area contributed by atoms with Crippen LogP contribution in [0.5, 0.6) is 0 Å². The van der Waals surface area contributed by atoms with Crippen LogP contribution in [0.25, 0.3) is 0 Å². The molecule has 0 aromatic heterocycles. The largest absolute Gasteiger partial charge is 0.369 e. The number of ether oxygens (including phenoxy) is 1. The number of hydrogen-bond donors (Lipinski definition) is 1. The van der Waals surface area contributed by atoms with Crippen molar-refractivity contribution in [3.63, 3.8) is 0 Å². The normalized spacial score (nSPS) is 14.9. The lowest BCUT2D eigenvalue weighted by molar-refractivity contribution is -0.0000222. The molecule has 1 aromatic carbocycles. The highest BCUT2D eigenvalue weighted by Crippen LogP contribution is 2.20. The number of nitrogens with two attached hydrogens (primary N) is 1. The van der Waals surface area contributed by atoms with Crippen molar-refractivity contribution in [2.75, 3.05) is 6.54 Å². The van der Waals surface area contributed by atoms with Gasteiger partial charge in [-0.2, -0.15) is 0 Å². The summed E-state index contributed by atoms with van der Waals surface area (Å²) in [5.74, 6) is 0. The van der Waals surface area contributed by atoms with Crippen LogP contribution in [0.1, 0.15) is 31.9 Å². The zero-order chi connectivity index (χ0) is 11.3. The van der Waals surface area contributed by atoms with E-state index < -0.39 is 0 Å². The minimum Gasteiger partial charge on any atom is -0.369 e. The van der Waals surface area contributed by atoms with E-state index in [1.54, 1.807) is 0 Å². The topological polar surface area (TPSA) is 35.2 Å². The molecule has 2 nitrogen and oxygen atoms in total. The fourth-order valence-corrected chi connectivity index (χ4v) is 1.45. The molecule has 1 aromatic rings. The van der Waals surface area contributed by atoms with Gasteiger partial charge in [0.15, 0.2) is 0 Å². The number of halogens is 1. The van der Waals surface area contributed by atoms with Crippen molar-refractivity contribution in [2.45, 2.75) is 32.5 Å². The summed E-state index contributed by atoms with van der Waals surface area (Å²) in [6.45, 7) is 4.64. The molecule has 0 fully saturated rings. The lowest BCUT2D eigenvalue weighted by Crippen LogP contribution is -2.20. The molecule has 0 saturated heterocycles. The van der Waals surface area contributed by atoms with Crippen LogP contribution in [0.3, 0.4) is 0 Å². The first-order valence-electron chi connectivity index (χ1n) is 5.28. The third kappa shape index (κ3) is 3.82. The van der Waals surface area contributed by atoms with Crippen LogP contribution in [-0.4, -0.2) is 12.6 Å². The SMILES string of the molecule is CCC(C)OC(CN)c1ccc(Cl)cc1. The summed E-state index contributed by atoms with van der Waals surface area (Å²) >= 11 is 5.82. The Morgan fingerprint density at radius 3 is 2.40 bits per heavy atom. The van der Waals surface area contributed by atoms with Crippen molar-refractivity contribution in [1.82, 2.24) is 0 Å². The molecule has 2 unspecified atom stereocenters. The fraction of sp³-hybridized carbons (Fsp3) is 0.500. The van der Waals surface area contributed by atoms with Gasteiger partial charge < -0.3 is 10.5 Å². The van der Waals surface area contributed by atoms with Gasteiger partial charge in [0.25, 0.3) is 0 Å². The first kappa shape index (κ1) is 12.5. The molecule has 0 aliphatic rings. The third-order valence-corrected chi connectivity index (χ3v) is 2.68. The van der Waals surface area contributed by atoms with Gasteiger partial charge in [-0.1, -0.05) is 30.7 Å². The second-order valence-electron chi connectivity index (χ2n) is 3.63. The van der Waals surface area contributed by atoms with Gasteiger partial charge in [-0.15, -0.1) is 0 Å².